The molecule has 0 heterocycles. The Morgan fingerprint density at radius 3 is 2.58 bits per heavy atom. The van der Waals surface area contributed by atoms with Crippen LogP contribution in [0.15, 0.2) is 41.3 Å². The van der Waals surface area contributed by atoms with E-state index in [2.05, 4.69) is 16.9 Å². The van der Waals surface area contributed by atoms with Crippen LogP contribution in [0, 0.1) is 5.82 Å². The van der Waals surface area contributed by atoms with Crippen molar-refractivity contribution in [1.82, 2.24) is 4.72 Å². The summed E-state index contributed by atoms with van der Waals surface area (Å²) in [4.78, 5) is -0.117. The summed E-state index contributed by atoms with van der Waals surface area (Å²) >= 11 is 0. The van der Waals surface area contributed by atoms with Gasteiger partial charge in [0.05, 0.1) is 12.0 Å². The van der Waals surface area contributed by atoms with Gasteiger partial charge in [0.2, 0.25) is 10.0 Å². The molecule has 0 fully saturated rings. The second kappa shape index (κ2) is 6.53. The number of methoxy groups -OCH3 is 1. The fourth-order valence-electron chi connectivity index (χ4n) is 3.04. The highest BCUT2D eigenvalue weighted by Gasteiger charge is 2.21. The molecule has 0 spiro atoms. The summed E-state index contributed by atoms with van der Waals surface area (Å²) in [7, 11) is -2.48. The zero-order chi connectivity index (χ0) is 17.3. The van der Waals surface area contributed by atoms with Gasteiger partial charge < -0.3 is 4.74 Å². The second-order valence-electron chi connectivity index (χ2n) is 6.02. The molecule has 0 radical (unpaired) electrons. The van der Waals surface area contributed by atoms with Crippen LogP contribution in [0.5, 0.6) is 5.75 Å². The van der Waals surface area contributed by atoms with Gasteiger partial charge in [-0.05, 0) is 61.1 Å². The highest BCUT2D eigenvalue weighted by atomic mass is 32.2. The lowest BCUT2D eigenvalue weighted by atomic mass is 10.0. The maximum absolute atomic E-state index is 13.8. The Morgan fingerprint density at radius 1 is 1.12 bits per heavy atom. The van der Waals surface area contributed by atoms with Gasteiger partial charge in [-0.15, -0.1) is 0 Å². The van der Waals surface area contributed by atoms with E-state index in [1.165, 1.54) is 30.4 Å². The molecule has 0 saturated heterocycles. The van der Waals surface area contributed by atoms with Crippen LogP contribution in [-0.2, 0) is 22.9 Å². The number of halogens is 1. The first-order valence-electron chi connectivity index (χ1n) is 7.88. The fraction of sp³-hybridized carbons (Fsp3) is 0.333. The maximum atomic E-state index is 13.8. The molecule has 1 aliphatic rings. The molecule has 128 valence electrons. The van der Waals surface area contributed by atoms with Crippen LogP contribution < -0.4 is 9.46 Å². The van der Waals surface area contributed by atoms with Crippen LogP contribution >= 0.6 is 0 Å². The predicted molar refractivity (Wildman–Crippen MR) is 90.2 cm³/mol. The summed E-state index contributed by atoms with van der Waals surface area (Å²) in [6.07, 6.45) is 3.26. The van der Waals surface area contributed by atoms with Crippen molar-refractivity contribution < 1.29 is 17.5 Å². The lowest BCUT2D eigenvalue weighted by Gasteiger charge is -2.16. The molecule has 2 aromatic rings. The molecule has 4 nitrogen and oxygen atoms in total. The third-order valence-electron chi connectivity index (χ3n) is 4.39. The number of rotatable bonds is 5. The van der Waals surface area contributed by atoms with Gasteiger partial charge in [0.15, 0.2) is 11.6 Å². The standard InChI is InChI=1S/C18H20FNO3S/c1-12(14-7-6-13-4-3-5-15(13)10-14)20-24(21,22)16-8-9-18(23-2)17(19)11-16/h6-12,20H,3-5H2,1-2H3/t12-/m1/s1. The Morgan fingerprint density at radius 2 is 1.88 bits per heavy atom. The van der Waals surface area contributed by atoms with Gasteiger partial charge in [0, 0.05) is 6.04 Å². The largest absolute Gasteiger partial charge is 0.494 e. The third-order valence-corrected chi connectivity index (χ3v) is 5.93. The van der Waals surface area contributed by atoms with Crippen molar-refractivity contribution >= 4 is 10.0 Å². The Hall–Kier alpha value is -1.92. The quantitative estimate of drug-likeness (QED) is 0.900. The van der Waals surface area contributed by atoms with Crippen LogP contribution in [0.2, 0.25) is 0 Å². The van der Waals surface area contributed by atoms with E-state index in [0.29, 0.717) is 0 Å². The summed E-state index contributed by atoms with van der Waals surface area (Å²) in [6.45, 7) is 1.79. The van der Waals surface area contributed by atoms with Crippen molar-refractivity contribution in [2.45, 2.75) is 37.1 Å². The molecule has 24 heavy (non-hydrogen) atoms. The lowest BCUT2D eigenvalue weighted by molar-refractivity contribution is 0.385. The molecule has 2 aromatic carbocycles. The SMILES string of the molecule is COc1ccc(S(=O)(=O)N[C@H](C)c2ccc3c(c2)CCC3)cc1F. The Labute approximate surface area is 141 Å². The highest BCUT2D eigenvalue weighted by Crippen LogP contribution is 2.27. The van der Waals surface area contributed by atoms with E-state index in [0.717, 1.165) is 30.9 Å². The molecule has 0 amide bonds. The van der Waals surface area contributed by atoms with Crippen molar-refractivity contribution in [1.29, 1.82) is 0 Å². The number of hydrogen-bond donors (Lipinski definition) is 1. The minimum atomic E-state index is -3.81. The molecule has 1 atom stereocenters. The molecular weight excluding hydrogens is 329 g/mol. The van der Waals surface area contributed by atoms with Gasteiger partial charge in [-0.2, -0.15) is 0 Å². The number of sulfonamides is 1. The van der Waals surface area contributed by atoms with Gasteiger partial charge in [-0.3, -0.25) is 0 Å². The maximum Gasteiger partial charge on any atom is 0.241 e. The number of ether oxygens (including phenoxy) is 1. The fourth-order valence-corrected chi connectivity index (χ4v) is 4.29. The van der Waals surface area contributed by atoms with E-state index in [1.807, 2.05) is 6.07 Å². The molecule has 1 N–H and O–H groups in total. The molecule has 0 unspecified atom stereocenters. The molecule has 0 bridgehead atoms. The van der Waals surface area contributed by atoms with E-state index in [4.69, 9.17) is 4.74 Å². The van der Waals surface area contributed by atoms with E-state index in [1.54, 1.807) is 6.92 Å². The van der Waals surface area contributed by atoms with E-state index < -0.39 is 21.9 Å². The zero-order valence-corrected chi connectivity index (χ0v) is 14.5. The summed E-state index contributed by atoms with van der Waals surface area (Å²) in [5.41, 5.74) is 3.54. The first-order chi connectivity index (χ1) is 11.4. The monoisotopic (exact) mass is 349 g/mol. The van der Waals surface area contributed by atoms with Crippen molar-refractivity contribution in [2.24, 2.45) is 0 Å². The summed E-state index contributed by atoms with van der Waals surface area (Å²) in [5, 5.41) is 0. The van der Waals surface area contributed by atoms with E-state index in [-0.39, 0.29) is 10.6 Å². The average Bonchev–Trinajstić information content (AvgIpc) is 3.01. The molecular formula is C18H20FNO3S. The van der Waals surface area contributed by atoms with Crippen molar-refractivity contribution in [3.8, 4) is 5.75 Å². The number of aryl methyl sites for hydroxylation is 2. The van der Waals surface area contributed by atoms with Crippen LogP contribution in [-0.4, -0.2) is 15.5 Å². The molecule has 0 aliphatic heterocycles. The van der Waals surface area contributed by atoms with Crippen LogP contribution in [0.3, 0.4) is 0 Å². The molecule has 0 aromatic heterocycles. The van der Waals surface area contributed by atoms with Gasteiger partial charge in [0.1, 0.15) is 0 Å². The van der Waals surface area contributed by atoms with Crippen molar-refractivity contribution in [3.05, 3.63) is 58.9 Å². The zero-order valence-electron chi connectivity index (χ0n) is 13.7. The smallest absolute Gasteiger partial charge is 0.241 e. The topological polar surface area (TPSA) is 55.4 Å². The summed E-state index contributed by atoms with van der Waals surface area (Å²) < 4.78 is 46.2. The minimum absolute atomic E-state index is 0.0145. The van der Waals surface area contributed by atoms with Gasteiger partial charge in [-0.1, -0.05) is 18.2 Å². The second-order valence-corrected chi connectivity index (χ2v) is 7.74. The number of hydrogen-bond acceptors (Lipinski definition) is 3. The van der Waals surface area contributed by atoms with Crippen LogP contribution in [0.4, 0.5) is 4.39 Å². The highest BCUT2D eigenvalue weighted by molar-refractivity contribution is 7.89. The molecule has 0 saturated carbocycles. The third kappa shape index (κ3) is 3.30. The molecule has 6 heteroatoms. The van der Waals surface area contributed by atoms with Crippen LogP contribution in [0.25, 0.3) is 0 Å². The van der Waals surface area contributed by atoms with Crippen LogP contribution in [0.1, 0.15) is 36.1 Å². The molecule has 3 rings (SSSR count). The summed E-state index contributed by atoms with van der Waals surface area (Å²) in [5.74, 6) is -0.689. The van der Waals surface area contributed by atoms with Gasteiger partial charge >= 0.3 is 0 Å². The van der Waals surface area contributed by atoms with E-state index >= 15 is 0 Å². The van der Waals surface area contributed by atoms with E-state index in [9.17, 15) is 12.8 Å². The normalized spacial score (nSPS) is 15.1. The Bertz CT molecular complexity index is 865. The van der Waals surface area contributed by atoms with Crippen molar-refractivity contribution in [3.63, 3.8) is 0 Å². The predicted octanol–water partition coefficient (Wildman–Crippen LogP) is 3.36. The average molecular weight is 349 g/mol. The minimum Gasteiger partial charge on any atom is -0.494 e. The molecule has 1 aliphatic carbocycles. The first kappa shape index (κ1) is 16.9. The number of fused-ring (bicyclic) bond motifs is 1. The Kier molecular flexibility index (Phi) is 4.60. The lowest BCUT2D eigenvalue weighted by Crippen LogP contribution is -2.27. The van der Waals surface area contributed by atoms with Gasteiger partial charge in [-0.25, -0.2) is 17.5 Å². The number of benzene rings is 2. The van der Waals surface area contributed by atoms with Crippen molar-refractivity contribution in [2.75, 3.05) is 7.11 Å². The Balaban J connectivity index is 1.82. The summed E-state index contributed by atoms with van der Waals surface area (Å²) in [6, 6.07) is 9.29. The number of nitrogens with one attached hydrogen (secondary N) is 1. The van der Waals surface area contributed by atoms with Gasteiger partial charge in [0.25, 0.3) is 0 Å². The first-order valence-corrected chi connectivity index (χ1v) is 9.36.